The summed E-state index contributed by atoms with van der Waals surface area (Å²) in [4.78, 5) is 12.8. The van der Waals surface area contributed by atoms with Crippen molar-refractivity contribution in [2.24, 2.45) is 0 Å². The normalized spacial score (nSPS) is 14.2. The SMILES string of the molecule is Cc1ccc(S)cc1C(=O)NC(C)CC(C)O. The number of thiol groups is 1. The van der Waals surface area contributed by atoms with E-state index in [-0.39, 0.29) is 11.9 Å². The zero-order valence-corrected chi connectivity index (χ0v) is 11.3. The van der Waals surface area contributed by atoms with Crippen LogP contribution in [-0.4, -0.2) is 23.2 Å². The van der Waals surface area contributed by atoms with Crippen LogP contribution in [0.4, 0.5) is 0 Å². The van der Waals surface area contributed by atoms with Gasteiger partial charge in [0.2, 0.25) is 0 Å². The van der Waals surface area contributed by atoms with Gasteiger partial charge in [0, 0.05) is 16.5 Å². The van der Waals surface area contributed by atoms with Crippen LogP contribution in [0.2, 0.25) is 0 Å². The Morgan fingerprint density at radius 3 is 2.71 bits per heavy atom. The number of aliphatic hydroxyl groups excluding tert-OH is 1. The third-order valence-electron chi connectivity index (χ3n) is 2.54. The van der Waals surface area contributed by atoms with Crippen LogP contribution in [-0.2, 0) is 0 Å². The molecule has 17 heavy (non-hydrogen) atoms. The van der Waals surface area contributed by atoms with Crippen LogP contribution in [0.1, 0.15) is 36.2 Å². The highest BCUT2D eigenvalue weighted by Crippen LogP contribution is 2.14. The lowest BCUT2D eigenvalue weighted by molar-refractivity contribution is 0.0922. The number of aliphatic hydroxyl groups is 1. The lowest BCUT2D eigenvalue weighted by Gasteiger charge is -2.16. The Bertz CT molecular complexity index is 404. The number of hydrogen-bond acceptors (Lipinski definition) is 3. The summed E-state index contributed by atoms with van der Waals surface area (Å²) in [6.07, 6.45) is 0.133. The molecule has 0 bridgehead atoms. The fourth-order valence-corrected chi connectivity index (χ4v) is 1.93. The molecule has 2 unspecified atom stereocenters. The lowest BCUT2D eigenvalue weighted by atomic mass is 10.1. The number of carbonyl (C=O) groups is 1. The Labute approximate surface area is 108 Å². The smallest absolute Gasteiger partial charge is 0.251 e. The number of amides is 1. The van der Waals surface area contributed by atoms with Gasteiger partial charge in [0.1, 0.15) is 0 Å². The second kappa shape index (κ2) is 6.07. The Morgan fingerprint density at radius 2 is 2.12 bits per heavy atom. The predicted molar refractivity (Wildman–Crippen MR) is 71.7 cm³/mol. The van der Waals surface area contributed by atoms with Crippen LogP contribution in [0, 0.1) is 6.92 Å². The summed E-state index contributed by atoms with van der Waals surface area (Å²) in [6, 6.07) is 5.43. The summed E-state index contributed by atoms with van der Waals surface area (Å²) >= 11 is 4.22. The summed E-state index contributed by atoms with van der Waals surface area (Å²) in [7, 11) is 0. The van der Waals surface area contributed by atoms with Crippen molar-refractivity contribution in [3.05, 3.63) is 29.3 Å². The molecule has 2 N–H and O–H groups in total. The molecular formula is C13H19NO2S. The van der Waals surface area contributed by atoms with E-state index in [9.17, 15) is 9.90 Å². The molecule has 0 fully saturated rings. The van der Waals surface area contributed by atoms with E-state index in [1.54, 1.807) is 13.0 Å². The molecule has 0 saturated carbocycles. The average molecular weight is 253 g/mol. The van der Waals surface area contributed by atoms with E-state index in [0.717, 1.165) is 10.5 Å². The highest BCUT2D eigenvalue weighted by molar-refractivity contribution is 7.80. The van der Waals surface area contributed by atoms with E-state index in [2.05, 4.69) is 17.9 Å². The largest absolute Gasteiger partial charge is 0.393 e. The topological polar surface area (TPSA) is 49.3 Å². The van der Waals surface area contributed by atoms with E-state index in [4.69, 9.17) is 0 Å². The second-order valence-corrected chi connectivity index (χ2v) is 4.97. The average Bonchev–Trinajstić information content (AvgIpc) is 2.20. The molecule has 0 aliphatic heterocycles. The minimum absolute atomic E-state index is 0.0505. The van der Waals surface area contributed by atoms with Gasteiger partial charge in [-0.1, -0.05) is 6.07 Å². The Hall–Kier alpha value is -1.00. The minimum atomic E-state index is -0.414. The van der Waals surface area contributed by atoms with E-state index in [0.29, 0.717) is 12.0 Å². The van der Waals surface area contributed by atoms with E-state index < -0.39 is 6.10 Å². The van der Waals surface area contributed by atoms with Crippen LogP contribution in [0.3, 0.4) is 0 Å². The Balaban J connectivity index is 2.73. The maximum absolute atomic E-state index is 12.0. The summed E-state index contributed by atoms with van der Waals surface area (Å²) in [5, 5.41) is 12.1. The van der Waals surface area contributed by atoms with Crippen LogP contribution in [0.25, 0.3) is 0 Å². The third kappa shape index (κ3) is 4.40. The monoisotopic (exact) mass is 253 g/mol. The number of benzene rings is 1. The van der Waals surface area contributed by atoms with Gasteiger partial charge in [-0.15, -0.1) is 12.6 Å². The third-order valence-corrected chi connectivity index (χ3v) is 2.82. The first-order chi connectivity index (χ1) is 7.90. The first-order valence-electron chi connectivity index (χ1n) is 5.68. The van der Waals surface area contributed by atoms with Crippen molar-refractivity contribution >= 4 is 18.5 Å². The number of hydrogen-bond donors (Lipinski definition) is 3. The zero-order chi connectivity index (χ0) is 13.0. The van der Waals surface area contributed by atoms with Gasteiger partial charge >= 0.3 is 0 Å². The molecule has 1 aromatic carbocycles. The highest BCUT2D eigenvalue weighted by atomic mass is 32.1. The number of rotatable bonds is 4. The quantitative estimate of drug-likeness (QED) is 0.720. The molecule has 3 nitrogen and oxygen atoms in total. The van der Waals surface area contributed by atoms with Crippen molar-refractivity contribution in [2.45, 2.75) is 44.2 Å². The fourth-order valence-electron chi connectivity index (χ4n) is 1.73. The molecule has 2 atom stereocenters. The lowest BCUT2D eigenvalue weighted by Crippen LogP contribution is -2.35. The van der Waals surface area contributed by atoms with Gasteiger partial charge in [-0.3, -0.25) is 4.79 Å². The van der Waals surface area contributed by atoms with Gasteiger partial charge in [-0.2, -0.15) is 0 Å². The van der Waals surface area contributed by atoms with E-state index in [1.807, 2.05) is 26.0 Å². The van der Waals surface area contributed by atoms with Crippen LogP contribution in [0.15, 0.2) is 23.1 Å². The maximum Gasteiger partial charge on any atom is 0.251 e. The molecule has 0 saturated heterocycles. The highest BCUT2D eigenvalue weighted by Gasteiger charge is 2.13. The molecule has 94 valence electrons. The molecule has 0 aliphatic rings. The molecule has 0 aliphatic carbocycles. The van der Waals surface area contributed by atoms with Crippen molar-refractivity contribution in [3.63, 3.8) is 0 Å². The summed E-state index contributed by atoms with van der Waals surface area (Å²) < 4.78 is 0. The van der Waals surface area contributed by atoms with Gasteiger partial charge < -0.3 is 10.4 Å². The molecular weight excluding hydrogens is 234 g/mol. The van der Waals surface area contributed by atoms with Crippen molar-refractivity contribution in [1.29, 1.82) is 0 Å². The molecule has 1 aromatic rings. The Morgan fingerprint density at radius 1 is 1.47 bits per heavy atom. The van der Waals surface area contributed by atoms with E-state index >= 15 is 0 Å². The molecule has 0 spiro atoms. The molecule has 4 heteroatoms. The molecule has 0 heterocycles. The van der Waals surface area contributed by atoms with Crippen LogP contribution < -0.4 is 5.32 Å². The number of aryl methyl sites for hydroxylation is 1. The summed E-state index contributed by atoms with van der Waals surface area (Å²) in [5.74, 6) is -0.119. The fraction of sp³-hybridized carbons (Fsp3) is 0.462. The van der Waals surface area contributed by atoms with Crippen LogP contribution in [0.5, 0.6) is 0 Å². The van der Waals surface area contributed by atoms with Crippen LogP contribution >= 0.6 is 12.6 Å². The molecule has 0 aromatic heterocycles. The van der Waals surface area contributed by atoms with Crippen molar-refractivity contribution in [3.8, 4) is 0 Å². The molecule has 0 radical (unpaired) electrons. The van der Waals surface area contributed by atoms with E-state index in [1.165, 1.54) is 0 Å². The van der Waals surface area contributed by atoms with Gasteiger partial charge in [0.25, 0.3) is 5.91 Å². The molecule has 1 amide bonds. The summed E-state index contributed by atoms with van der Waals surface area (Å²) in [5.41, 5.74) is 1.56. The first kappa shape index (κ1) is 14.1. The van der Waals surface area contributed by atoms with Crippen molar-refractivity contribution in [2.75, 3.05) is 0 Å². The van der Waals surface area contributed by atoms with Gasteiger partial charge in [-0.25, -0.2) is 0 Å². The zero-order valence-electron chi connectivity index (χ0n) is 10.4. The maximum atomic E-state index is 12.0. The van der Waals surface area contributed by atoms with Crippen molar-refractivity contribution in [1.82, 2.24) is 5.32 Å². The van der Waals surface area contributed by atoms with Crippen molar-refractivity contribution < 1.29 is 9.90 Å². The number of carbonyl (C=O) groups excluding carboxylic acids is 1. The van der Waals surface area contributed by atoms with Gasteiger partial charge in [0.05, 0.1) is 6.10 Å². The summed E-state index contributed by atoms with van der Waals surface area (Å²) in [6.45, 7) is 5.48. The van der Waals surface area contributed by atoms with Gasteiger partial charge in [0.15, 0.2) is 0 Å². The standard InChI is InChI=1S/C13H19NO2S/c1-8-4-5-11(17)7-12(8)13(16)14-9(2)6-10(3)15/h4-5,7,9-10,15,17H,6H2,1-3H3,(H,14,16). The van der Waals surface area contributed by atoms with Gasteiger partial charge in [-0.05, 0) is 44.9 Å². The predicted octanol–water partition coefficient (Wildman–Crippen LogP) is 2.17. The second-order valence-electron chi connectivity index (χ2n) is 4.46. The Kier molecular flexibility index (Phi) is 5.02. The minimum Gasteiger partial charge on any atom is -0.393 e. The molecule has 1 rings (SSSR count). The number of nitrogens with one attached hydrogen (secondary N) is 1. The first-order valence-corrected chi connectivity index (χ1v) is 6.13.